The Labute approximate surface area is 98.9 Å². The molecule has 5 heteroatoms. The van der Waals surface area contributed by atoms with Crippen LogP contribution in [-0.2, 0) is 7.05 Å². The lowest BCUT2D eigenvalue weighted by atomic mass is 10.2. The summed E-state index contributed by atoms with van der Waals surface area (Å²) in [5.41, 5.74) is 7.66. The largest absolute Gasteiger partial charge is 0.399 e. The first-order valence-corrected chi connectivity index (χ1v) is 5.79. The van der Waals surface area contributed by atoms with Crippen molar-refractivity contribution in [2.24, 2.45) is 7.05 Å². The van der Waals surface area contributed by atoms with Crippen molar-refractivity contribution >= 4 is 17.4 Å². The Hall–Kier alpha value is -1.49. The van der Waals surface area contributed by atoms with Crippen LogP contribution in [0.4, 0.5) is 5.69 Å². The number of nitrogens with zero attached hydrogens (tertiary/aromatic N) is 3. The number of aromatic nitrogens is 3. The molecule has 0 aliphatic rings. The van der Waals surface area contributed by atoms with Gasteiger partial charge in [0.1, 0.15) is 5.82 Å². The fourth-order valence-electron chi connectivity index (χ4n) is 1.36. The molecule has 0 fully saturated rings. The van der Waals surface area contributed by atoms with Crippen molar-refractivity contribution in [3.05, 3.63) is 29.6 Å². The normalized spacial score (nSPS) is 10.7. The molecule has 0 aliphatic heterocycles. The van der Waals surface area contributed by atoms with Crippen LogP contribution >= 0.6 is 11.8 Å². The Morgan fingerprint density at radius 3 is 2.56 bits per heavy atom. The molecule has 4 nitrogen and oxygen atoms in total. The minimum Gasteiger partial charge on any atom is -0.399 e. The van der Waals surface area contributed by atoms with Gasteiger partial charge in [-0.25, -0.2) is 0 Å². The molecule has 1 aromatic carbocycles. The van der Waals surface area contributed by atoms with Crippen molar-refractivity contribution in [3.63, 3.8) is 0 Å². The third-order valence-electron chi connectivity index (χ3n) is 2.45. The summed E-state index contributed by atoms with van der Waals surface area (Å²) in [6.07, 6.45) is 0. The van der Waals surface area contributed by atoms with E-state index in [4.69, 9.17) is 5.73 Å². The molecule has 0 radical (unpaired) electrons. The summed E-state index contributed by atoms with van der Waals surface area (Å²) in [5, 5.41) is 9.04. The van der Waals surface area contributed by atoms with Crippen LogP contribution in [0.3, 0.4) is 0 Å². The van der Waals surface area contributed by atoms with Crippen LogP contribution in [0.15, 0.2) is 28.3 Å². The molecule has 2 aromatic rings. The molecule has 84 valence electrons. The Balaban J connectivity index is 2.30. The average molecular weight is 234 g/mol. The van der Waals surface area contributed by atoms with Crippen molar-refractivity contribution in [2.45, 2.75) is 23.9 Å². The summed E-state index contributed by atoms with van der Waals surface area (Å²) >= 11 is 1.60. The molecule has 0 saturated carbocycles. The quantitative estimate of drug-likeness (QED) is 0.809. The van der Waals surface area contributed by atoms with Gasteiger partial charge >= 0.3 is 0 Å². The Morgan fingerprint density at radius 1 is 1.25 bits per heavy atom. The second-order valence-electron chi connectivity index (χ2n) is 3.72. The molecule has 0 spiro atoms. The molecular formula is C11H14N4S. The monoisotopic (exact) mass is 234 g/mol. The van der Waals surface area contributed by atoms with E-state index in [0.29, 0.717) is 0 Å². The maximum Gasteiger partial charge on any atom is 0.195 e. The van der Waals surface area contributed by atoms with Crippen LogP contribution in [0, 0.1) is 13.8 Å². The van der Waals surface area contributed by atoms with E-state index in [2.05, 4.69) is 10.2 Å². The van der Waals surface area contributed by atoms with Crippen molar-refractivity contribution < 1.29 is 0 Å². The molecule has 16 heavy (non-hydrogen) atoms. The lowest BCUT2D eigenvalue weighted by Crippen LogP contribution is -1.94. The number of aryl methyl sites for hydroxylation is 2. The fraction of sp³-hybridized carbons (Fsp3) is 0.273. The second kappa shape index (κ2) is 4.17. The fourth-order valence-corrected chi connectivity index (χ4v) is 2.27. The summed E-state index contributed by atoms with van der Waals surface area (Å²) in [5.74, 6) is 0.913. The summed E-state index contributed by atoms with van der Waals surface area (Å²) in [4.78, 5) is 1.16. The summed E-state index contributed by atoms with van der Waals surface area (Å²) < 4.78 is 1.97. The highest BCUT2D eigenvalue weighted by Gasteiger charge is 2.08. The SMILES string of the molecule is Cc1cc(N)ccc1Sc1nnc(C)n1C. The van der Waals surface area contributed by atoms with Gasteiger partial charge in [-0.1, -0.05) is 0 Å². The maximum absolute atomic E-state index is 5.71. The lowest BCUT2D eigenvalue weighted by Gasteiger charge is -2.05. The predicted molar refractivity (Wildman–Crippen MR) is 65.5 cm³/mol. The number of hydrogen-bond donors (Lipinski definition) is 1. The van der Waals surface area contributed by atoms with Gasteiger partial charge in [0, 0.05) is 17.6 Å². The lowest BCUT2D eigenvalue weighted by molar-refractivity contribution is 0.765. The number of hydrogen-bond acceptors (Lipinski definition) is 4. The van der Waals surface area contributed by atoms with Gasteiger partial charge in [-0.05, 0) is 49.4 Å². The van der Waals surface area contributed by atoms with Crippen LogP contribution in [0.5, 0.6) is 0 Å². The highest BCUT2D eigenvalue weighted by atomic mass is 32.2. The number of nitrogens with two attached hydrogens (primary N) is 1. The molecule has 0 amide bonds. The highest BCUT2D eigenvalue weighted by Crippen LogP contribution is 2.29. The van der Waals surface area contributed by atoms with Crippen LogP contribution in [0.1, 0.15) is 11.4 Å². The topological polar surface area (TPSA) is 56.7 Å². The first kappa shape index (κ1) is 11.0. The van der Waals surface area contributed by atoms with Gasteiger partial charge in [0.2, 0.25) is 0 Å². The van der Waals surface area contributed by atoms with Crippen molar-refractivity contribution in [3.8, 4) is 0 Å². The van der Waals surface area contributed by atoms with E-state index >= 15 is 0 Å². The number of anilines is 1. The van der Waals surface area contributed by atoms with Crippen molar-refractivity contribution in [1.29, 1.82) is 0 Å². The van der Waals surface area contributed by atoms with Gasteiger partial charge in [0.05, 0.1) is 0 Å². The molecule has 0 bridgehead atoms. The third-order valence-corrected chi connectivity index (χ3v) is 3.67. The molecular weight excluding hydrogens is 220 g/mol. The second-order valence-corrected chi connectivity index (χ2v) is 4.72. The molecule has 1 heterocycles. The zero-order valence-electron chi connectivity index (χ0n) is 9.56. The van der Waals surface area contributed by atoms with E-state index in [-0.39, 0.29) is 0 Å². The van der Waals surface area contributed by atoms with Gasteiger partial charge in [0.25, 0.3) is 0 Å². The van der Waals surface area contributed by atoms with Gasteiger partial charge in [-0.2, -0.15) is 0 Å². The first-order valence-electron chi connectivity index (χ1n) is 4.98. The van der Waals surface area contributed by atoms with Gasteiger partial charge in [0.15, 0.2) is 5.16 Å². The summed E-state index contributed by atoms with van der Waals surface area (Å²) in [7, 11) is 1.96. The van der Waals surface area contributed by atoms with Crippen LogP contribution in [0.25, 0.3) is 0 Å². The van der Waals surface area contributed by atoms with E-state index in [1.807, 2.05) is 43.7 Å². The van der Waals surface area contributed by atoms with Gasteiger partial charge < -0.3 is 10.3 Å². The van der Waals surface area contributed by atoms with E-state index in [9.17, 15) is 0 Å². The standard InChI is InChI=1S/C11H14N4S/c1-7-6-9(12)4-5-10(7)16-11-14-13-8(2)15(11)3/h4-6H,12H2,1-3H3. The molecule has 2 N–H and O–H groups in total. The van der Waals surface area contributed by atoms with Crippen LogP contribution in [-0.4, -0.2) is 14.8 Å². The zero-order valence-corrected chi connectivity index (χ0v) is 10.4. The predicted octanol–water partition coefficient (Wildman–Crippen LogP) is 2.17. The van der Waals surface area contributed by atoms with Crippen molar-refractivity contribution in [1.82, 2.24) is 14.8 Å². The van der Waals surface area contributed by atoms with E-state index in [1.165, 1.54) is 0 Å². The molecule has 0 saturated heterocycles. The smallest absolute Gasteiger partial charge is 0.195 e. The first-order chi connectivity index (χ1) is 7.58. The highest BCUT2D eigenvalue weighted by molar-refractivity contribution is 7.99. The maximum atomic E-state index is 5.71. The van der Waals surface area contributed by atoms with Crippen LogP contribution < -0.4 is 5.73 Å². The van der Waals surface area contributed by atoms with Gasteiger partial charge in [-0.15, -0.1) is 10.2 Å². The zero-order chi connectivity index (χ0) is 11.7. The number of rotatable bonds is 2. The minimum absolute atomic E-state index is 0.788. The van der Waals surface area contributed by atoms with E-state index < -0.39 is 0 Å². The van der Waals surface area contributed by atoms with Gasteiger partial charge in [-0.3, -0.25) is 0 Å². The van der Waals surface area contributed by atoms with Crippen molar-refractivity contribution in [2.75, 3.05) is 5.73 Å². The Bertz CT molecular complexity index is 519. The molecule has 0 atom stereocenters. The summed E-state index contributed by atoms with van der Waals surface area (Å²) in [6.45, 7) is 3.98. The minimum atomic E-state index is 0.788. The Morgan fingerprint density at radius 2 is 2.00 bits per heavy atom. The van der Waals surface area contributed by atoms with E-state index in [1.54, 1.807) is 11.8 Å². The third kappa shape index (κ3) is 2.04. The molecule has 0 aliphatic carbocycles. The Kier molecular flexibility index (Phi) is 2.87. The van der Waals surface area contributed by atoms with E-state index in [0.717, 1.165) is 27.1 Å². The molecule has 1 aromatic heterocycles. The molecule has 2 rings (SSSR count). The number of benzene rings is 1. The average Bonchev–Trinajstić information content (AvgIpc) is 2.54. The van der Waals surface area contributed by atoms with Crippen LogP contribution in [0.2, 0.25) is 0 Å². The summed E-state index contributed by atoms with van der Waals surface area (Å²) in [6, 6.07) is 5.88. The molecule has 0 unspecified atom stereocenters. The number of nitrogen functional groups attached to an aromatic ring is 1.